The van der Waals surface area contributed by atoms with Crippen LogP contribution in [0.25, 0.3) is 0 Å². The molecule has 0 heterocycles. The maximum absolute atomic E-state index is 12.3. The molecule has 0 aromatic rings. The zero-order chi connectivity index (χ0) is 14.9. The molecule has 0 bridgehead atoms. The fourth-order valence-electron chi connectivity index (χ4n) is 1.09. The Morgan fingerprint density at radius 2 is 1.68 bits per heavy atom. The van der Waals surface area contributed by atoms with Crippen LogP contribution in [-0.4, -0.2) is 30.9 Å². The fourth-order valence-corrected chi connectivity index (χ4v) is 2.65. The van der Waals surface area contributed by atoms with Crippen LogP contribution in [0.2, 0.25) is 0 Å². The predicted octanol–water partition coefficient (Wildman–Crippen LogP) is 2.99. The molecule has 0 saturated heterocycles. The maximum atomic E-state index is 12.3. The summed E-state index contributed by atoms with van der Waals surface area (Å²) in [4.78, 5) is 11.7. The van der Waals surface area contributed by atoms with Crippen molar-refractivity contribution in [2.24, 2.45) is 0 Å². The van der Waals surface area contributed by atoms with E-state index in [1.54, 1.807) is 13.8 Å². The molecule has 0 radical (unpaired) electrons. The number of hydrogen-bond donors (Lipinski definition) is 0. The SMILES string of the molecule is C#CC(C)(C)OC(=O)CP(=O)(OCCC)OCCC. The van der Waals surface area contributed by atoms with E-state index in [4.69, 9.17) is 20.2 Å². The van der Waals surface area contributed by atoms with Crippen LogP contribution in [0, 0.1) is 12.3 Å². The van der Waals surface area contributed by atoms with Gasteiger partial charge >= 0.3 is 13.6 Å². The van der Waals surface area contributed by atoms with Gasteiger partial charge in [-0.1, -0.05) is 19.8 Å². The van der Waals surface area contributed by atoms with Gasteiger partial charge in [0, 0.05) is 0 Å². The van der Waals surface area contributed by atoms with E-state index in [2.05, 4.69) is 5.92 Å². The van der Waals surface area contributed by atoms with Crippen LogP contribution < -0.4 is 0 Å². The van der Waals surface area contributed by atoms with Crippen molar-refractivity contribution in [1.82, 2.24) is 0 Å². The Balaban J connectivity index is 4.59. The van der Waals surface area contributed by atoms with E-state index < -0.39 is 25.3 Å². The Hall–Kier alpha value is -0.820. The molecule has 0 atom stereocenters. The van der Waals surface area contributed by atoms with E-state index in [1.807, 2.05) is 13.8 Å². The van der Waals surface area contributed by atoms with E-state index in [0.717, 1.165) is 0 Å². The van der Waals surface area contributed by atoms with Gasteiger partial charge in [-0.2, -0.15) is 0 Å². The molecule has 0 aromatic heterocycles. The average molecular weight is 290 g/mol. The van der Waals surface area contributed by atoms with E-state index in [9.17, 15) is 9.36 Å². The molecule has 6 heteroatoms. The number of carbonyl (C=O) groups is 1. The molecule has 0 aromatic carbocycles. The van der Waals surface area contributed by atoms with E-state index >= 15 is 0 Å². The fraction of sp³-hybridized carbons (Fsp3) is 0.769. The summed E-state index contributed by atoms with van der Waals surface area (Å²) in [6.07, 6.45) is 6.17. The van der Waals surface area contributed by atoms with Crippen LogP contribution in [0.4, 0.5) is 0 Å². The predicted molar refractivity (Wildman–Crippen MR) is 74.0 cm³/mol. The van der Waals surface area contributed by atoms with E-state index in [0.29, 0.717) is 12.8 Å². The summed E-state index contributed by atoms with van der Waals surface area (Å²) >= 11 is 0. The molecule has 0 spiro atoms. The first kappa shape index (κ1) is 18.2. The van der Waals surface area contributed by atoms with Crippen LogP contribution in [-0.2, 0) is 23.1 Å². The number of terminal acetylenes is 1. The van der Waals surface area contributed by atoms with Gasteiger partial charge in [0.2, 0.25) is 0 Å². The highest BCUT2D eigenvalue weighted by Crippen LogP contribution is 2.48. The summed E-state index contributed by atoms with van der Waals surface area (Å²) in [5.41, 5.74) is -1.03. The molecule has 110 valence electrons. The summed E-state index contributed by atoms with van der Waals surface area (Å²) < 4.78 is 27.7. The van der Waals surface area contributed by atoms with Gasteiger partial charge in [0.15, 0.2) is 5.60 Å². The second-order valence-corrected chi connectivity index (χ2v) is 6.62. The topological polar surface area (TPSA) is 61.8 Å². The number of rotatable bonds is 9. The molecule has 5 nitrogen and oxygen atoms in total. The van der Waals surface area contributed by atoms with E-state index in [1.165, 1.54) is 0 Å². The summed E-state index contributed by atoms with van der Waals surface area (Å²) in [6.45, 7) is 7.46. The first-order chi connectivity index (χ1) is 8.78. The Kier molecular flexibility index (Phi) is 8.01. The highest BCUT2D eigenvalue weighted by atomic mass is 31.2. The minimum absolute atomic E-state index is 0.271. The zero-order valence-corrected chi connectivity index (χ0v) is 13.0. The summed E-state index contributed by atoms with van der Waals surface area (Å²) in [5.74, 6) is 1.65. The molecule has 0 N–H and O–H groups in total. The molecule has 0 aliphatic heterocycles. The minimum atomic E-state index is -3.45. The summed E-state index contributed by atoms with van der Waals surface area (Å²) in [6, 6.07) is 0. The smallest absolute Gasteiger partial charge is 0.341 e. The van der Waals surface area contributed by atoms with Crippen molar-refractivity contribution >= 4 is 13.6 Å². The lowest BCUT2D eigenvalue weighted by atomic mass is 10.1. The van der Waals surface area contributed by atoms with Crippen LogP contribution in [0.15, 0.2) is 0 Å². The van der Waals surface area contributed by atoms with Crippen LogP contribution in [0.3, 0.4) is 0 Å². The van der Waals surface area contributed by atoms with Gasteiger partial charge in [-0.15, -0.1) is 6.42 Å². The van der Waals surface area contributed by atoms with Crippen molar-refractivity contribution in [3.05, 3.63) is 0 Å². The van der Waals surface area contributed by atoms with Crippen molar-refractivity contribution < 1.29 is 23.1 Å². The number of esters is 1. The number of carbonyl (C=O) groups excluding carboxylic acids is 1. The second kappa shape index (κ2) is 8.37. The Labute approximate surface area is 115 Å². The van der Waals surface area contributed by atoms with Gasteiger partial charge in [-0.3, -0.25) is 9.36 Å². The lowest BCUT2D eigenvalue weighted by Crippen LogP contribution is -2.28. The lowest BCUT2D eigenvalue weighted by molar-refractivity contribution is -0.148. The van der Waals surface area contributed by atoms with Crippen molar-refractivity contribution in [3.8, 4) is 12.3 Å². The van der Waals surface area contributed by atoms with Gasteiger partial charge in [0.25, 0.3) is 0 Å². The Morgan fingerprint density at radius 3 is 2.05 bits per heavy atom. The van der Waals surface area contributed by atoms with Crippen molar-refractivity contribution in [2.75, 3.05) is 19.4 Å². The largest absolute Gasteiger partial charge is 0.446 e. The molecular weight excluding hydrogens is 267 g/mol. The number of hydrogen-bond acceptors (Lipinski definition) is 5. The summed E-state index contributed by atoms with van der Waals surface area (Å²) in [5, 5.41) is 0. The zero-order valence-electron chi connectivity index (χ0n) is 12.1. The van der Waals surface area contributed by atoms with Crippen LogP contribution >= 0.6 is 7.60 Å². The molecular formula is C13H23O5P. The lowest BCUT2D eigenvalue weighted by Gasteiger charge is -2.21. The minimum Gasteiger partial charge on any atom is -0.446 e. The number of ether oxygens (including phenoxy) is 1. The normalized spacial score (nSPS) is 11.9. The third-order valence-corrected chi connectivity index (χ3v) is 3.82. The van der Waals surface area contributed by atoms with Crippen molar-refractivity contribution in [3.63, 3.8) is 0 Å². The Morgan fingerprint density at radius 1 is 1.21 bits per heavy atom. The third kappa shape index (κ3) is 8.05. The average Bonchev–Trinajstić information content (AvgIpc) is 2.33. The molecule has 0 aliphatic carbocycles. The maximum Gasteiger partial charge on any atom is 0.341 e. The standard InChI is InChI=1S/C13H23O5P/c1-6-9-16-19(15,17-10-7-2)11-12(14)18-13(4,5)8-3/h3H,6-7,9-11H2,1-2,4-5H3. The molecule has 0 aliphatic rings. The Bertz CT molecular complexity index is 358. The second-order valence-electron chi connectivity index (χ2n) is 4.56. The molecule has 19 heavy (non-hydrogen) atoms. The molecule has 0 saturated carbocycles. The van der Waals surface area contributed by atoms with Gasteiger partial charge in [0.1, 0.15) is 6.16 Å². The van der Waals surface area contributed by atoms with Gasteiger partial charge in [0.05, 0.1) is 13.2 Å². The van der Waals surface area contributed by atoms with Crippen LogP contribution in [0.1, 0.15) is 40.5 Å². The van der Waals surface area contributed by atoms with Gasteiger partial charge in [-0.05, 0) is 26.7 Å². The summed E-state index contributed by atoms with van der Waals surface area (Å²) in [7, 11) is -3.45. The molecule has 0 amide bonds. The quantitative estimate of drug-likeness (QED) is 0.371. The van der Waals surface area contributed by atoms with E-state index in [-0.39, 0.29) is 13.2 Å². The first-order valence-corrected chi connectivity index (χ1v) is 8.09. The van der Waals surface area contributed by atoms with Crippen molar-refractivity contribution in [1.29, 1.82) is 0 Å². The van der Waals surface area contributed by atoms with Gasteiger partial charge in [-0.25, -0.2) is 0 Å². The molecule has 0 unspecified atom stereocenters. The molecule has 0 rings (SSSR count). The van der Waals surface area contributed by atoms with Crippen LogP contribution in [0.5, 0.6) is 0 Å². The van der Waals surface area contributed by atoms with Crippen molar-refractivity contribution in [2.45, 2.75) is 46.1 Å². The highest BCUT2D eigenvalue weighted by molar-refractivity contribution is 7.54. The first-order valence-electron chi connectivity index (χ1n) is 6.36. The monoisotopic (exact) mass is 290 g/mol. The molecule has 0 fully saturated rings. The van der Waals surface area contributed by atoms with Gasteiger partial charge < -0.3 is 13.8 Å². The third-order valence-electron chi connectivity index (χ3n) is 2.02. The highest BCUT2D eigenvalue weighted by Gasteiger charge is 2.31.